The number of nitrogens with two attached hydrogens (primary N) is 1. The van der Waals surface area contributed by atoms with Gasteiger partial charge < -0.3 is 5.73 Å². The van der Waals surface area contributed by atoms with Crippen LogP contribution in [0.2, 0.25) is 0 Å². The van der Waals surface area contributed by atoms with Crippen molar-refractivity contribution in [1.29, 1.82) is 0 Å². The summed E-state index contributed by atoms with van der Waals surface area (Å²) in [6, 6.07) is 1.54. The van der Waals surface area contributed by atoms with Crippen LogP contribution in [0.15, 0.2) is 17.0 Å². The van der Waals surface area contributed by atoms with Crippen LogP contribution in [-0.4, -0.2) is 21.4 Å². The van der Waals surface area contributed by atoms with E-state index in [0.29, 0.717) is 0 Å². The molecule has 0 aliphatic carbocycles. The molecule has 0 atom stereocenters. The van der Waals surface area contributed by atoms with Crippen molar-refractivity contribution in [1.82, 2.24) is 4.72 Å². The van der Waals surface area contributed by atoms with Crippen LogP contribution in [0.4, 0.5) is 17.6 Å². The van der Waals surface area contributed by atoms with Gasteiger partial charge in [0.05, 0.1) is 6.54 Å². The summed E-state index contributed by atoms with van der Waals surface area (Å²) in [6.45, 7) is -1.40. The van der Waals surface area contributed by atoms with E-state index in [9.17, 15) is 26.0 Å². The Bertz CT molecular complexity index is 534. The highest BCUT2D eigenvalue weighted by molar-refractivity contribution is 7.89. The standard InChI is InChI=1S/C9H10F4N2O2S/c10-6-1-5(3-14)2-7(9(6)13)18(16,17)15-4-8(11)12/h1-2,8,15H,3-4,14H2. The van der Waals surface area contributed by atoms with Gasteiger partial charge >= 0.3 is 0 Å². The Morgan fingerprint density at radius 2 is 1.89 bits per heavy atom. The van der Waals surface area contributed by atoms with Gasteiger partial charge in [0.2, 0.25) is 10.0 Å². The van der Waals surface area contributed by atoms with E-state index in [1.54, 1.807) is 0 Å². The lowest BCUT2D eigenvalue weighted by molar-refractivity contribution is 0.153. The number of hydrogen-bond acceptors (Lipinski definition) is 3. The van der Waals surface area contributed by atoms with Gasteiger partial charge in [0.15, 0.2) is 11.6 Å². The summed E-state index contributed by atoms with van der Waals surface area (Å²) in [5, 5.41) is 0. The first-order chi connectivity index (χ1) is 8.27. The lowest BCUT2D eigenvalue weighted by Crippen LogP contribution is -2.29. The highest BCUT2D eigenvalue weighted by Gasteiger charge is 2.23. The smallest absolute Gasteiger partial charge is 0.251 e. The second-order valence-corrected chi connectivity index (χ2v) is 5.07. The Morgan fingerprint density at radius 3 is 2.39 bits per heavy atom. The summed E-state index contributed by atoms with van der Waals surface area (Å²) < 4.78 is 74.6. The van der Waals surface area contributed by atoms with E-state index in [0.717, 1.165) is 12.1 Å². The maximum Gasteiger partial charge on any atom is 0.251 e. The van der Waals surface area contributed by atoms with Crippen LogP contribution in [0.3, 0.4) is 0 Å². The minimum Gasteiger partial charge on any atom is -0.326 e. The molecule has 1 aromatic carbocycles. The van der Waals surface area contributed by atoms with Gasteiger partial charge in [0.25, 0.3) is 6.43 Å². The third-order valence-corrected chi connectivity index (χ3v) is 3.43. The van der Waals surface area contributed by atoms with Crippen LogP contribution in [0, 0.1) is 11.6 Å². The Balaban J connectivity index is 3.19. The molecule has 0 heterocycles. The maximum atomic E-state index is 13.3. The average molecular weight is 286 g/mol. The third-order valence-electron chi connectivity index (χ3n) is 2.01. The minimum absolute atomic E-state index is 0.0336. The summed E-state index contributed by atoms with van der Waals surface area (Å²) in [5.74, 6) is -3.04. The van der Waals surface area contributed by atoms with Gasteiger partial charge in [-0.2, -0.15) is 0 Å². The number of halogens is 4. The molecule has 1 aromatic rings. The Labute approximate surface area is 101 Å². The van der Waals surface area contributed by atoms with Crippen LogP contribution in [0.1, 0.15) is 5.56 Å². The fraction of sp³-hybridized carbons (Fsp3) is 0.333. The first kappa shape index (κ1) is 14.9. The van der Waals surface area contributed by atoms with E-state index in [1.165, 1.54) is 4.72 Å². The van der Waals surface area contributed by atoms with Crippen molar-refractivity contribution in [3.63, 3.8) is 0 Å². The molecule has 0 saturated carbocycles. The quantitative estimate of drug-likeness (QED) is 0.792. The zero-order valence-corrected chi connectivity index (χ0v) is 9.78. The topological polar surface area (TPSA) is 72.2 Å². The van der Waals surface area contributed by atoms with Gasteiger partial charge in [-0.05, 0) is 17.7 Å². The van der Waals surface area contributed by atoms with Gasteiger partial charge in [-0.25, -0.2) is 30.7 Å². The molecule has 0 amide bonds. The third kappa shape index (κ3) is 3.40. The number of sulfonamides is 1. The van der Waals surface area contributed by atoms with Crippen molar-refractivity contribution in [3.8, 4) is 0 Å². The van der Waals surface area contributed by atoms with Crippen LogP contribution in [0.25, 0.3) is 0 Å². The van der Waals surface area contributed by atoms with Gasteiger partial charge in [-0.1, -0.05) is 0 Å². The minimum atomic E-state index is -4.54. The maximum absolute atomic E-state index is 13.3. The molecule has 4 nitrogen and oxygen atoms in total. The summed E-state index contributed by atoms with van der Waals surface area (Å²) in [6.07, 6.45) is -2.94. The molecule has 0 aromatic heterocycles. The highest BCUT2D eigenvalue weighted by atomic mass is 32.2. The van der Waals surface area contributed by atoms with Gasteiger partial charge in [-0.15, -0.1) is 0 Å². The fourth-order valence-corrected chi connectivity index (χ4v) is 2.32. The monoisotopic (exact) mass is 286 g/mol. The van der Waals surface area contributed by atoms with Gasteiger partial charge in [0.1, 0.15) is 4.90 Å². The summed E-state index contributed by atoms with van der Waals surface area (Å²) >= 11 is 0. The molecule has 0 unspecified atom stereocenters. The molecule has 0 spiro atoms. The summed E-state index contributed by atoms with van der Waals surface area (Å²) in [4.78, 5) is -1.04. The van der Waals surface area contributed by atoms with Crippen LogP contribution in [-0.2, 0) is 16.6 Å². The summed E-state index contributed by atoms with van der Waals surface area (Å²) in [5.41, 5.74) is 5.21. The van der Waals surface area contributed by atoms with Crippen molar-refractivity contribution in [2.75, 3.05) is 6.54 Å². The average Bonchev–Trinajstić information content (AvgIpc) is 2.29. The highest BCUT2D eigenvalue weighted by Crippen LogP contribution is 2.19. The van der Waals surface area contributed by atoms with E-state index in [-0.39, 0.29) is 12.1 Å². The lowest BCUT2D eigenvalue weighted by atomic mass is 10.2. The van der Waals surface area contributed by atoms with Crippen LogP contribution < -0.4 is 10.5 Å². The summed E-state index contributed by atoms with van der Waals surface area (Å²) in [7, 11) is -4.54. The molecule has 18 heavy (non-hydrogen) atoms. The first-order valence-electron chi connectivity index (χ1n) is 4.73. The molecule has 1 rings (SSSR count). The second kappa shape index (κ2) is 5.63. The predicted octanol–water partition coefficient (Wildman–Crippen LogP) is 0.967. The fourth-order valence-electron chi connectivity index (χ4n) is 1.18. The molecule has 0 aliphatic rings. The normalized spacial score (nSPS) is 12.1. The Kier molecular flexibility index (Phi) is 4.65. The van der Waals surface area contributed by atoms with Crippen molar-refractivity contribution in [2.45, 2.75) is 17.9 Å². The van der Waals surface area contributed by atoms with Crippen molar-refractivity contribution in [2.24, 2.45) is 5.73 Å². The van der Waals surface area contributed by atoms with Gasteiger partial charge in [-0.3, -0.25) is 0 Å². The molecule has 0 bridgehead atoms. The number of hydrogen-bond donors (Lipinski definition) is 2. The van der Waals surface area contributed by atoms with Gasteiger partial charge in [0, 0.05) is 6.54 Å². The number of nitrogens with one attached hydrogen (secondary N) is 1. The molecule has 3 N–H and O–H groups in total. The zero-order valence-electron chi connectivity index (χ0n) is 8.96. The van der Waals surface area contributed by atoms with Crippen molar-refractivity contribution >= 4 is 10.0 Å². The number of rotatable bonds is 5. The van der Waals surface area contributed by atoms with E-state index >= 15 is 0 Å². The molecule has 0 aliphatic heterocycles. The SMILES string of the molecule is NCc1cc(F)c(F)c(S(=O)(=O)NCC(F)F)c1. The van der Waals surface area contributed by atoms with E-state index in [4.69, 9.17) is 5.73 Å². The molecule has 0 radical (unpaired) electrons. The van der Waals surface area contributed by atoms with E-state index < -0.39 is 39.5 Å². The molecule has 0 fully saturated rings. The molecule has 0 saturated heterocycles. The number of alkyl halides is 2. The Morgan fingerprint density at radius 1 is 1.28 bits per heavy atom. The number of benzene rings is 1. The lowest BCUT2D eigenvalue weighted by Gasteiger charge is -2.09. The van der Waals surface area contributed by atoms with Crippen molar-refractivity contribution < 1.29 is 26.0 Å². The molecular formula is C9H10F4N2O2S. The van der Waals surface area contributed by atoms with Crippen molar-refractivity contribution in [3.05, 3.63) is 29.3 Å². The second-order valence-electron chi connectivity index (χ2n) is 3.34. The first-order valence-corrected chi connectivity index (χ1v) is 6.22. The predicted molar refractivity (Wildman–Crippen MR) is 55.4 cm³/mol. The zero-order chi connectivity index (χ0) is 13.9. The van der Waals surface area contributed by atoms with Crippen LogP contribution >= 0.6 is 0 Å². The largest absolute Gasteiger partial charge is 0.326 e. The van der Waals surface area contributed by atoms with E-state index in [1.807, 2.05) is 0 Å². The molecule has 102 valence electrons. The molecule has 9 heteroatoms. The Hall–Kier alpha value is -1.19. The van der Waals surface area contributed by atoms with Crippen LogP contribution in [0.5, 0.6) is 0 Å². The van der Waals surface area contributed by atoms with E-state index in [2.05, 4.69) is 0 Å². The molecular weight excluding hydrogens is 276 g/mol.